The third-order valence-corrected chi connectivity index (χ3v) is 2.34. The molecular weight excluding hydrogens is 206 g/mol. The van der Waals surface area contributed by atoms with Gasteiger partial charge in [-0.1, -0.05) is 6.08 Å². The Labute approximate surface area is 94.8 Å². The molecule has 16 heavy (non-hydrogen) atoms. The lowest BCUT2D eigenvalue weighted by Gasteiger charge is -2.02. The van der Waals surface area contributed by atoms with Crippen LogP contribution >= 0.6 is 0 Å². The first-order chi connectivity index (χ1) is 7.61. The summed E-state index contributed by atoms with van der Waals surface area (Å²) in [5.74, 6) is 0.150. The Bertz CT molecular complexity index is 382. The van der Waals surface area contributed by atoms with Crippen molar-refractivity contribution in [3.8, 4) is 0 Å². The summed E-state index contributed by atoms with van der Waals surface area (Å²) in [6, 6.07) is 0. The molecule has 1 rings (SSSR count). The molecule has 0 atom stereocenters. The number of hydrogen-bond acceptors (Lipinski definition) is 3. The summed E-state index contributed by atoms with van der Waals surface area (Å²) < 4.78 is 1.97. The molecule has 0 bridgehead atoms. The summed E-state index contributed by atoms with van der Waals surface area (Å²) in [7, 11) is 1.96. The number of carbonyl (C=O) groups is 1. The van der Waals surface area contributed by atoms with Crippen molar-refractivity contribution in [1.82, 2.24) is 14.9 Å². The third kappa shape index (κ3) is 3.86. The van der Waals surface area contributed by atoms with Crippen LogP contribution in [0.4, 0.5) is 0 Å². The Morgan fingerprint density at radius 3 is 3.00 bits per heavy atom. The first kappa shape index (κ1) is 12.4. The second-order valence-corrected chi connectivity index (χ2v) is 3.60. The number of aliphatic carboxylic acids is 1. The molecule has 0 aliphatic rings. The van der Waals surface area contributed by atoms with Crippen molar-refractivity contribution in [1.29, 1.82) is 0 Å². The summed E-state index contributed by atoms with van der Waals surface area (Å²) >= 11 is 0. The van der Waals surface area contributed by atoms with Crippen molar-refractivity contribution >= 4 is 5.97 Å². The normalized spacial score (nSPS) is 11.8. The second kappa shape index (κ2) is 6.07. The average molecular weight is 223 g/mol. The van der Waals surface area contributed by atoms with Gasteiger partial charge in [0.1, 0.15) is 5.82 Å². The molecule has 88 valence electrons. The number of hydrogen-bond donors (Lipinski definition) is 2. The molecule has 2 N–H and O–H groups in total. The van der Waals surface area contributed by atoms with Crippen molar-refractivity contribution in [2.75, 3.05) is 13.1 Å². The maximum Gasteiger partial charge on any atom is 0.330 e. The van der Waals surface area contributed by atoms with Crippen molar-refractivity contribution in [3.05, 3.63) is 29.9 Å². The van der Waals surface area contributed by atoms with E-state index < -0.39 is 5.97 Å². The number of aromatic nitrogens is 2. The molecule has 0 saturated heterocycles. The van der Waals surface area contributed by atoms with Gasteiger partial charge in [-0.15, -0.1) is 0 Å². The van der Waals surface area contributed by atoms with E-state index in [2.05, 4.69) is 10.3 Å². The van der Waals surface area contributed by atoms with Crippen LogP contribution in [0.15, 0.2) is 24.0 Å². The molecule has 0 aliphatic heterocycles. The van der Waals surface area contributed by atoms with Crippen LogP contribution in [0.5, 0.6) is 0 Å². The summed E-state index contributed by atoms with van der Waals surface area (Å²) in [5.41, 5.74) is 0.365. The quantitative estimate of drug-likeness (QED) is 0.547. The summed E-state index contributed by atoms with van der Waals surface area (Å²) in [6.07, 6.45) is 6.18. The van der Waals surface area contributed by atoms with Gasteiger partial charge in [0.25, 0.3) is 0 Å². The molecule has 0 amide bonds. The predicted octanol–water partition coefficient (Wildman–Crippen LogP) is 0.583. The van der Waals surface area contributed by atoms with E-state index in [1.807, 2.05) is 17.8 Å². The highest BCUT2D eigenvalue weighted by Crippen LogP contribution is 1.94. The first-order valence-electron chi connectivity index (χ1n) is 5.18. The fraction of sp³-hybridized carbons (Fsp3) is 0.455. The molecule has 1 aromatic rings. The van der Waals surface area contributed by atoms with Gasteiger partial charge in [-0.25, -0.2) is 9.78 Å². The van der Waals surface area contributed by atoms with Gasteiger partial charge in [-0.2, -0.15) is 0 Å². The maximum atomic E-state index is 10.5. The van der Waals surface area contributed by atoms with E-state index >= 15 is 0 Å². The molecule has 0 spiro atoms. The first-order valence-corrected chi connectivity index (χ1v) is 5.18. The zero-order chi connectivity index (χ0) is 12.0. The van der Waals surface area contributed by atoms with Crippen LogP contribution in [0, 0.1) is 0 Å². The Morgan fingerprint density at radius 1 is 1.69 bits per heavy atom. The zero-order valence-corrected chi connectivity index (χ0v) is 9.60. The number of rotatable bonds is 6. The highest BCUT2D eigenvalue weighted by atomic mass is 16.4. The number of imidazole rings is 1. The predicted molar refractivity (Wildman–Crippen MR) is 61.2 cm³/mol. The monoisotopic (exact) mass is 223 g/mol. The molecule has 0 radical (unpaired) electrons. The molecule has 0 aromatic carbocycles. The van der Waals surface area contributed by atoms with E-state index in [1.54, 1.807) is 19.2 Å². The topological polar surface area (TPSA) is 67.2 Å². The van der Waals surface area contributed by atoms with Crippen LogP contribution in [0.25, 0.3) is 0 Å². The fourth-order valence-corrected chi connectivity index (χ4v) is 1.25. The van der Waals surface area contributed by atoms with Crippen molar-refractivity contribution in [3.63, 3.8) is 0 Å². The summed E-state index contributed by atoms with van der Waals surface area (Å²) in [6.45, 7) is 2.94. The van der Waals surface area contributed by atoms with E-state index in [0.717, 1.165) is 18.8 Å². The number of nitrogens with zero attached hydrogens (tertiary/aromatic N) is 2. The molecule has 5 heteroatoms. The molecule has 0 aliphatic carbocycles. The van der Waals surface area contributed by atoms with Crippen LogP contribution < -0.4 is 5.32 Å². The van der Waals surface area contributed by atoms with E-state index in [4.69, 9.17) is 5.11 Å². The van der Waals surface area contributed by atoms with Gasteiger partial charge in [0.15, 0.2) is 0 Å². The van der Waals surface area contributed by atoms with Crippen LogP contribution in [-0.4, -0.2) is 33.7 Å². The standard InChI is InChI=1S/C11H17N3O2/c1-9(11(15)16)3-5-12-6-4-10-13-7-8-14(10)2/h3,7-8,12H,4-6H2,1-2H3,(H,15,16)/b9-3-. The lowest BCUT2D eigenvalue weighted by atomic mass is 10.3. The van der Waals surface area contributed by atoms with Crippen molar-refractivity contribution in [2.45, 2.75) is 13.3 Å². The molecule has 0 fully saturated rings. The Balaban J connectivity index is 2.20. The van der Waals surface area contributed by atoms with Crippen molar-refractivity contribution in [2.24, 2.45) is 7.05 Å². The van der Waals surface area contributed by atoms with Crippen LogP contribution in [0.3, 0.4) is 0 Å². The van der Waals surface area contributed by atoms with Crippen LogP contribution in [0.2, 0.25) is 0 Å². The Morgan fingerprint density at radius 2 is 2.44 bits per heavy atom. The minimum absolute atomic E-state index is 0.365. The number of aryl methyl sites for hydroxylation is 1. The molecule has 1 aromatic heterocycles. The number of carboxylic acids is 1. The molecule has 5 nitrogen and oxygen atoms in total. The number of nitrogens with one attached hydrogen (secondary N) is 1. The van der Waals surface area contributed by atoms with E-state index in [9.17, 15) is 4.79 Å². The van der Waals surface area contributed by atoms with E-state index in [0.29, 0.717) is 12.1 Å². The molecular formula is C11H17N3O2. The Hall–Kier alpha value is -1.62. The number of carboxylic acid groups (broad SMARTS) is 1. The minimum atomic E-state index is -0.870. The molecule has 0 saturated carbocycles. The van der Waals surface area contributed by atoms with Crippen LogP contribution in [-0.2, 0) is 18.3 Å². The molecule has 0 unspecified atom stereocenters. The Kier molecular flexibility index (Phi) is 4.72. The van der Waals surface area contributed by atoms with Gasteiger partial charge >= 0.3 is 5.97 Å². The fourth-order valence-electron chi connectivity index (χ4n) is 1.25. The van der Waals surface area contributed by atoms with E-state index in [1.165, 1.54) is 0 Å². The average Bonchev–Trinajstić information content (AvgIpc) is 2.63. The van der Waals surface area contributed by atoms with Gasteiger partial charge in [0, 0.05) is 44.5 Å². The summed E-state index contributed by atoms with van der Waals surface area (Å²) in [5, 5.41) is 11.8. The zero-order valence-electron chi connectivity index (χ0n) is 9.60. The van der Waals surface area contributed by atoms with Gasteiger partial charge in [-0.05, 0) is 6.92 Å². The lowest BCUT2D eigenvalue weighted by molar-refractivity contribution is -0.132. The van der Waals surface area contributed by atoms with Gasteiger partial charge < -0.3 is 15.0 Å². The third-order valence-electron chi connectivity index (χ3n) is 2.34. The van der Waals surface area contributed by atoms with Gasteiger partial charge in [0.2, 0.25) is 0 Å². The van der Waals surface area contributed by atoms with Crippen molar-refractivity contribution < 1.29 is 9.90 Å². The van der Waals surface area contributed by atoms with Gasteiger partial charge in [-0.3, -0.25) is 0 Å². The lowest BCUT2D eigenvalue weighted by Crippen LogP contribution is -2.19. The largest absolute Gasteiger partial charge is 0.478 e. The summed E-state index contributed by atoms with van der Waals surface area (Å²) in [4.78, 5) is 14.7. The second-order valence-electron chi connectivity index (χ2n) is 3.60. The minimum Gasteiger partial charge on any atom is -0.478 e. The highest BCUT2D eigenvalue weighted by molar-refractivity contribution is 5.85. The SMILES string of the molecule is C/C(=C/CNCCc1nccn1C)C(=O)O. The smallest absolute Gasteiger partial charge is 0.330 e. The molecule has 1 heterocycles. The van der Waals surface area contributed by atoms with E-state index in [-0.39, 0.29) is 0 Å². The highest BCUT2D eigenvalue weighted by Gasteiger charge is 1.99. The van der Waals surface area contributed by atoms with Gasteiger partial charge in [0.05, 0.1) is 0 Å². The van der Waals surface area contributed by atoms with Crippen LogP contribution in [0.1, 0.15) is 12.7 Å². The maximum absolute atomic E-state index is 10.5.